The molecule has 1 aromatic rings. The standard InChI is InChI=1S/C10H16N4/c1-3-14(2)9-7-5-4-6-8(7)12-10(11)13-9/h3-6H2,1-2H3,(H2,11,12,13). The van der Waals surface area contributed by atoms with Gasteiger partial charge >= 0.3 is 0 Å². The summed E-state index contributed by atoms with van der Waals surface area (Å²) >= 11 is 0. The molecule has 0 saturated carbocycles. The quantitative estimate of drug-likeness (QED) is 0.759. The maximum atomic E-state index is 5.68. The van der Waals surface area contributed by atoms with Gasteiger partial charge in [-0.05, 0) is 26.2 Å². The number of nitrogens with zero attached hydrogens (tertiary/aromatic N) is 3. The smallest absolute Gasteiger partial charge is 0.222 e. The van der Waals surface area contributed by atoms with Gasteiger partial charge in [-0.1, -0.05) is 0 Å². The number of aryl methyl sites for hydroxylation is 1. The Kier molecular flexibility index (Phi) is 2.27. The highest BCUT2D eigenvalue weighted by molar-refractivity contribution is 5.52. The first kappa shape index (κ1) is 9.24. The molecule has 2 N–H and O–H groups in total. The Hall–Kier alpha value is -1.32. The van der Waals surface area contributed by atoms with Crippen LogP contribution in [0.3, 0.4) is 0 Å². The van der Waals surface area contributed by atoms with Crippen molar-refractivity contribution < 1.29 is 0 Å². The highest BCUT2D eigenvalue weighted by Crippen LogP contribution is 2.28. The number of aromatic nitrogens is 2. The van der Waals surface area contributed by atoms with Crippen molar-refractivity contribution in [1.29, 1.82) is 0 Å². The summed E-state index contributed by atoms with van der Waals surface area (Å²) in [5.74, 6) is 1.42. The second-order valence-electron chi connectivity index (χ2n) is 3.70. The third-order valence-electron chi connectivity index (χ3n) is 2.76. The van der Waals surface area contributed by atoms with Crippen molar-refractivity contribution in [2.75, 3.05) is 24.2 Å². The molecule has 0 fully saturated rings. The minimum absolute atomic E-state index is 0.404. The van der Waals surface area contributed by atoms with Crippen LogP contribution in [0.4, 0.5) is 11.8 Å². The molecule has 1 aromatic heterocycles. The topological polar surface area (TPSA) is 55.0 Å². The van der Waals surface area contributed by atoms with E-state index >= 15 is 0 Å². The maximum absolute atomic E-state index is 5.68. The van der Waals surface area contributed by atoms with Crippen LogP contribution < -0.4 is 10.6 Å². The first-order valence-corrected chi connectivity index (χ1v) is 5.08. The Morgan fingerprint density at radius 2 is 2.14 bits per heavy atom. The van der Waals surface area contributed by atoms with Crippen molar-refractivity contribution in [3.05, 3.63) is 11.3 Å². The highest BCUT2D eigenvalue weighted by atomic mass is 15.2. The molecule has 0 aliphatic heterocycles. The van der Waals surface area contributed by atoms with Crippen LogP contribution in [-0.4, -0.2) is 23.6 Å². The van der Waals surface area contributed by atoms with E-state index in [0.717, 1.165) is 30.9 Å². The fourth-order valence-electron chi connectivity index (χ4n) is 1.90. The van der Waals surface area contributed by atoms with Gasteiger partial charge in [0.05, 0.1) is 5.69 Å². The predicted octanol–water partition coefficient (Wildman–Crippen LogP) is 1.00. The van der Waals surface area contributed by atoms with Gasteiger partial charge in [0.15, 0.2) is 0 Å². The fraction of sp³-hybridized carbons (Fsp3) is 0.600. The highest BCUT2D eigenvalue weighted by Gasteiger charge is 2.20. The zero-order valence-corrected chi connectivity index (χ0v) is 8.75. The van der Waals surface area contributed by atoms with Gasteiger partial charge in [-0.25, -0.2) is 4.98 Å². The molecule has 14 heavy (non-hydrogen) atoms. The zero-order chi connectivity index (χ0) is 10.1. The Morgan fingerprint density at radius 1 is 1.36 bits per heavy atom. The van der Waals surface area contributed by atoms with E-state index in [2.05, 4.69) is 21.8 Å². The Morgan fingerprint density at radius 3 is 2.86 bits per heavy atom. The van der Waals surface area contributed by atoms with Crippen LogP contribution in [0.2, 0.25) is 0 Å². The van der Waals surface area contributed by atoms with E-state index in [1.165, 1.54) is 12.0 Å². The van der Waals surface area contributed by atoms with E-state index < -0.39 is 0 Å². The maximum Gasteiger partial charge on any atom is 0.222 e. The Balaban J connectivity index is 2.48. The van der Waals surface area contributed by atoms with E-state index in [1.54, 1.807) is 0 Å². The molecule has 0 amide bonds. The Bertz CT molecular complexity index is 348. The minimum Gasteiger partial charge on any atom is -0.368 e. The van der Waals surface area contributed by atoms with Crippen LogP contribution in [-0.2, 0) is 12.8 Å². The summed E-state index contributed by atoms with van der Waals surface area (Å²) in [7, 11) is 2.04. The summed E-state index contributed by atoms with van der Waals surface area (Å²) in [6.45, 7) is 3.06. The van der Waals surface area contributed by atoms with Gasteiger partial charge in [0.25, 0.3) is 0 Å². The van der Waals surface area contributed by atoms with Crippen LogP contribution in [0.25, 0.3) is 0 Å². The summed E-state index contributed by atoms with van der Waals surface area (Å²) in [6.07, 6.45) is 3.32. The SMILES string of the molecule is CCN(C)c1nc(N)nc2c1CCC2. The molecule has 1 heterocycles. The van der Waals surface area contributed by atoms with Crippen LogP contribution in [0, 0.1) is 0 Å². The zero-order valence-electron chi connectivity index (χ0n) is 8.75. The van der Waals surface area contributed by atoms with Crippen molar-refractivity contribution in [2.45, 2.75) is 26.2 Å². The molecule has 0 bridgehead atoms. The van der Waals surface area contributed by atoms with E-state index in [1.807, 2.05) is 7.05 Å². The first-order chi connectivity index (χ1) is 6.72. The number of hydrogen-bond donors (Lipinski definition) is 1. The molecule has 1 aliphatic carbocycles. The molecule has 4 heteroatoms. The molecule has 1 aliphatic rings. The fourth-order valence-corrected chi connectivity index (χ4v) is 1.90. The van der Waals surface area contributed by atoms with Crippen molar-refractivity contribution in [3.8, 4) is 0 Å². The van der Waals surface area contributed by atoms with Gasteiger partial charge < -0.3 is 10.6 Å². The molecule has 76 valence electrons. The molecular formula is C10H16N4. The number of nitrogens with two attached hydrogens (primary N) is 1. The number of nitrogen functional groups attached to an aromatic ring is 1. The molecule has 0 unspecified atom stereocenters. The van der Waals surface area contributed by atoms with Crippen molar-refractivity contribution in [1.82, 2.24) is 9.97 Å². The lowest BCUT2D eigenvalue weighted by atomic mass is 10.2. The van der Waals surface area contributed by atoms with Gasteiger partial charge in [0.2, 0.25) is 5.95 Å². The normalized spacial score (nSPS) is 14.1. The summed E-state index contributed by atoms with van der Waals surface area (Å²) in [4.78, 5) is 10.7. The molecular weight excluding hydrogens is 176 g/mol. The second-order valence-corrected chi connectivity index (χ2v) is 3.70. The second kappa shape index (κ2) is 3.44. The summed E-state index contributed by atoms with van der Waals surface area (Å²) in [5, 5.41) is 0. The average Bonchev–Trinajstić information content (AvgIpc) is 2.62. The average molecular weight is 192 g/mol. The largest absolute Gasteiger partial charge is 0.368 e. The molecule has 4 nitrogen and oxygen atoms in total. The van der Waals surface area contributed by atoms with Crippen LogP contribution in [0.1, 0.15) is 24.6 Å². The van der Waals surface area contributed by atoms with E-state index in [9.17, 15) is 0 Å². The first-order valence-electron chi connectivity index (χ1n) is 5.08. The van der Waals surface area contributed by atoms with E-state index in [4.69, 9.17) is 5.73 Å². The third-order valence-corrected chi connectivity index (χ3v) is 2.76. The van der Waals surface area contributed by atoms with Crippen LogP contribution in [0.15, 0.2) is 0 Å². The van der Waals surface area contributed by atoms with Crippen LogP contribution >= 0.6 is 0 Å². The molecule has 0 spiro atoms. The van der Waals surface area contributed by atoms with Gasteiger partial charge in [0, 0.05) is 19.2 Å². The van der Waals surface area contributed by atoms with Crippen molar-refractivity contribution >= 4 is 11.8 Å². The molecule has 0 aromatic carbocycles. The number of anilines is 2. The Labute approximate surface area is 84.2 Å². The van der Waals surface area contributed by atoms with Gasteiger partial charge in [-0.3, -0.25) is 0 Å². The number of rotatable bonds is 2. The molecule has 2 rings (SSSR count). The molecule has 0 saturated heterocycles. The van der Waals surface area contributed by atoms with Gasteiger partial charge in [0.1, 0.15) is 5.82 Å². The molecule has 0 radical (unpaired) electrons. The van der Waals surface area contributed by atoms with Crippen molar-refractivity contribution in [2.24, 2.45) is 0 Å². The van der Waals surface area contributed by atoms with E-state index in [0.29, 0.717) is 5.95 Å². The summed E-state index contributed by atoms with van der Waals surface area (Å²) in [5.41, 5.74) is 8.12. The van der Waals surface area contributed by atoms with Crippen molar-refractivity contribution in [3.63, 3.8) is 0 Å². The molecule has 0 atom stereocenters. The summed E-state index contributed by atoms with van der Waals surface area (Å²) in [6, 6.07) is 0. The van der Waals surface area contributed by atoms with Crippen LogP contribution in [0.5, 0.6) is 0 Å². The van der Waals surface area contributed by atoms with Gasteiger partial charge in [-0.15, -0.1) is 0 Å². The predicted molar refractivity (Wildman–Crippen MR) is 57.4 cm³/mol. The van der Waals surface area contributed by atoms with Gasteiger partial charge in [-0.2, -0.15) is 4.98 Å². The minimum atomic E-state index is 0.404. The van der Waals surface area contributed by atoms with E-state index in [-0.39, 0.29) is 0 Å². The number of fused-ring (bicyclic) bond motifs is 1. The third kappa shape index (κ3) is 1.41. The number of hydrogen-bond acceptors (Lipinski definition) is 4. The summed E-state index contributed by atoms with van der Waals surface area (Å²) < 4.78 is 0. The lowest BCUT2D eigenvalue weighted by molar-refractivity contribution is 0.892. The monoisotopic (exact) mass is 192 g/mol. The lowest BCUT2D eigenvalue weighted by Gasteiger charge is -2.18. The lowest BCUT2D eigenvalue weighted by Crippen LogP contribution is -2.20.